The minimum Gasteiger partial charge on any atom is -0.305 e. The predicted molar refractivity (Wildman–Crippen MR) is 77.2 cm³/mol. The molecule has 0 atom stereocenters. The number of benzene rings is 1. The van der Waals surface area contributed by atoms with Crippen molar-refractivity contribution in [2.75, 3.05) is 26.7 Å². The zero-order chi connectivity index (χ0) is 13.8. The summed E-state index contributed by atoms with van der Waals surface area (Å²) < 4.78 is 27.6. The summed E-state index contributed by atoms with van der Waals surface area (Å²) in [5, 5.41) is 0. The lowest BCUT2D eigenvalue weighted by molar-refractivity contribution is 0.358. The third-order valence-electron chi connectivity index (χ3n) is 2.77. The van der Waals surface area contributed by atoms with Crippen molar-refractivity contribution in [1.29, 1.82) is 0 Å². The van der Waals surface area contributed by atoms with Crippen LogP contribution in [0.1, 0.15) is 12.5 Å². The minimum absolute atomic E-state index is 0.330. The third-order valence-corrected chi connectivity index (χ3v) is 4.86. The van der Waals surface area contributed by atoms with Crippen molar-refractivity contribution >= 4 is 26.0 Å². The number of halogens is 1. The summed E-state index contributed by atoms with van der Waals surface area (Å²) in [4.78, 5) is 2.38. The lowest BCUT2D eigenvalue weighted by Crippen LogP contribution is -2.33. The van der Waals surface area contributed by atoms with Crippen LogP contribution in [0.25, 0.3) is 0 Å². The fourth-order valence-corrected chi connectivity index (χ4v) is 3.27. The minimum atomic E-state index is -3.42. The summed E-state index contributed by atoms with van der Waals surface area (Å²) in [6.45, 7) is 5.84. The van der Waals surface area contributed by atoms with Gasteiger partial charge in [0.2, 0.25) is 10.0 Å². The van der Waals surface area contributed by atoms with Crippen LogP contribution in [0.2, 0.25) is 0 Å². The zero-order valence-corrected chi connectivity index (χ0v) is 13.3. The third kappa shape index (κ3) is 4.35. The highest BCUT2D eigenvalue weighted by Crippen LogP contribution is 2.20. The maximum atomic E-state index is 12.1. The fourth-order valence-electron chi connectivity index (χ4n) is 1.47. The Kier molecular flexibility index (Phi) is 5.78. The number of aryl methyl sites for hydroxylation is 1. The highest BCUT2D eigenvalue weighted by atomic mass is 79.9. The average Bonchev–Trinajstić information content (AvgIpc) is 2.31. The summed E-state index contributed by atoms with van der Waals surface area (Å²) in [7, 11) is -1.47. The standard InChI is InChI=1S/C12H19BrN2O2S/c1-4-15(3)8-7-14-18(16,17)12-9-11(13)6-5-10(12)2/h5-6,9,14H,4,7-8H2,1-3H3. The molecule has 0 fully saturated rings. The molecular weight excluding hydrogens is 316 g/mol. The molecule has 1 aromatic rings. The number of sulfonamides is 1. The van der Waals surface area contributed by atoms with Gasteiger partial charge < -0.3 is 4.90 Å². The van der Waals surface area contributed by atoms with Gasteiger partial charge in [0.1, 0.15) is 0 Å². The number of nitrogens with zero attached hydrogens (tertiary/aromatic N) is 1. The first-order valence-corrected chi connectivity index (χ1v) is 8.09. The molecule has 0 amide bonds. The van der Waals surface area contributed by atoms with E-state index in [0.29, 0.717) is 18.0 Å². The van der Waals surface area contributed by atoms with Gasteiger partial charge in [0, 0.05) is 17.6 Å². The smallest absolute Gasteiger partial charge is 0.240 e. The van der Waals surface area contributed by atoms with E-state index in [0.717, 1.165) is 16.6 Å². The first-order valence-electron chi connectivity index (χ1n) is 5.81. The molecule has 0 radical (unpaired) electrons. The molecule has 1 rings (SSSR count). The number of nitrogens with one attached hydrogen (secondary N) is 1. The molecule has 0 heterocycles. The van der Waals surface area contributed by atoms with E-state index in [1.165, 1.54) is 0 Å². The summed E-state index contributed by atoms with van der Waals surface area (Å²) >= 11 is 3.29. The molecule has 0 spiro atoms. The van der Waals surface area contributed by atoms with Crippen molar-refractivity contribution in [3.8, 4) is 0 Å². The van der Waals surface area contributed by atoms with Gasteiger partial charge in [-0.25, -0.2) is 13.1 Å². The van der Waals surface area contributed by atoms with Gasteiger partial charge in [0.05, 0.1) is 4.90 Å². The van der Waals surface area contributed by atoms with Gasteiger partial charge in [-0.1, -0.05) is 28.9 Å². The normalized spacial score (nSPS) is 12.1. The fraction of sp³-hybridized carbons (Fsp3) is 0.500. The molecule has 4 nitrogen and oxygen atoms in total. The molecule has 0 aliphatic heterocycles. The van der Waals surface area contributed by atoms with E-state index < -0.39 is 10.0 Å². The quantitative estimate of drug-likeness (QED) is 0.865. The molecule has 0 bridgehead atoms. The topological polar surface area (TPSA) is 49.4 Å². The molecule has 0 saturated heterocycles. The van der Waals surface area contributed by atoms with E-state index in [-0.39, 0.29) is 0 Å². The lowest BCUT2D eigenvalue weighted by Gasteiger charge is -2.15. The van der Waals surface area contributed by atoms with Crippen LogP contribution in [0.4, 0.5) is 0 Å². The molecule has 0 aromatic heterocycles. The Morgan fingerprint density at radius 2 is 2.06 bits per heavy atom. The second kappa shape index (κ2) is 6.65. The van der Waals surface area contributed by atoms with E-state index >= 15 is 0 Å². The number of hydrogen-bond acceptors (Lipinski definition) is 3. The Morgan fingerprint density at radius 1 is 1.39 bits per heavy atom. The Morgan fingerprint density at radius 3 is 2.67 bits per heavy atom. The van der Waals surface area contributed by atoms with Gasteiger partial charge in [-0.3, -0.25) is 0 Å². The molecular formula is C12H19BrN2O2S. The Labute approximate surface area is 118 Å². The van der Waals surface area contributed by atoms with Crippen molar-refractivity contribution in [3.05, 3.63) is 28.2 Å². The monoisotopic (exact) mass is 334 g/mol. The molecule has 0 aliphatic rings. The van der Waals surface area contributed by atoms with Gasteiger partial charge in [-0.05, 0) is 38.2 Å². The highest BCUT2D eigenvalue weighted by molar-refractivity contribution is 9.10. The molecule has 0 aliphatic carbocycles. The van der Waals surface area contributed by atoms with E-state index in [4.69, 9.17) is 0 Å². The van der Waals surface area contributed by atoms with Crippen molar-refractivity contribution in [2.45, 2.75) is 18.7 Å². The average molecular weight is 335 g/mol. The summed E-state index contributed by atoms with van der Waals surface area (Å²) in [6, 6.07) is 5.25. The molecule has 6 heteroatoms. The summed E-state index contributed by atoms with van der Waals surface area (Å²) in [6.07, 6.45) is 0. The maximum Gasteiger partial charge on any atom is 0.240 e. The van der Waals surface area contributed by atoms with Crippen LogP contribution in [-0.4, -0.2) is 40.0 Å². The summed E-state index contributed by atoms with van der Waals surface area (Å²) in [5.74, 6) is 0. The Hall–Kier alpha value is -0.430. The molecule has 102 valence electrons. The highest BCUT2D eigenvalue weighted by Gasteiger charge is 2.16. The van der Waals surface area contributed by atoms with Crippen molar-refractivity contribution in [2.24, 2.45) is 0 Å². The Balaban J connectivity index is 2.77. The van der Waals surface area contributed by atoms with Gasteiger partial charge in [0.15, 0.2) is 0 Å². The second-order valence-corrected chi connectivity index (χ2v) is 6.85. The SMILES string of the molecule is CCN(C)CCNS(=O)(=O)c1cc(Br)ccc1C. The number of rotatable bonds is 6. The van der Waals surface area contributed by atoms with E-state index in [1.54, 1.807) is 19.1 Å². The molecule has 1 aromatic carbocycles. The van der Waals surface area contributed by atoms with Crippen molar-refractivity contribution in [1.82, 2.24) is 9.62 Å². The van der Waals surface area contributed by atoms with Crippen LogP contribution in [0.15, 0.2) is 27.6 Å². The number of likely N-dealkylation sites (N-methyl/N-ethyl adjacent to an activating group) is 1. The zero-order valence-electron chi connectivity index (χ0n) is 10.9. The van der Waals surface area contributed by atoms with Gasteiger partial charge in [0.25, 0.3) is 0 Å². The molecule has 18 heavy (non-hydrogen) atoms. The number of hydrogen-bond donors (Lipinski definition) is 1. The van der Waals surface area contributed by atoms with Gasteiger partial charge in [-0.15, -0.1) is 0 Å². The predicted octanol–water partition coefficient (Wildman–Crippen LogP) is 1.99. The van der Waals surface area contributed by atoms with Crippen LogP contribution in [0, 0.1) is 6.92 Å². The van der Waals surface area contributed by atoms with Crippen molar-refractivity contribution < 1.29 is 8.42 Å². The summed E-state index contributed by atoms with van der Waals surface area (Å²) in [5.41, 5.74) is 0.745. The van der Waals surface area contributed by atoms with Crippen LogP contribution in [-0.2, 0) is 10.0 Å². The molecule has 0 saturated carbocycles. The van der Waals surface area contributed by atoms with Crippen LogP contribution < -0.4 is 4.72 Å². The second-order valence-electron chi connectivity index (χ2n) is 4.20. The van der Waals surface area contributed by atoms with Gasteiger partial charge >= 0.3 is 0 Å². The lowest BCUT2D eigenvalue weighted by atomic mass is 10.2. The van der Waals surface area contributed by atoms with E-state index in [9.17, 15) is 8.42 Å². The molecule has 1 N–H and O–H groups in total. The molecule has 0 unspecified atom stereocenters. The first-order chi connectivity index (χ1) is 8.36. The van der Waals surface area contributed by atoms with Crippen molar-refractivity contribution in [3.63, 3.8) is 0 Å². The van der Waals surface area contributed by atoms with Crippen LogP contribution in [0.5, 0.6) is 0 Å². The van der Waals surface area contributed by atoms with Crippen LogP contribution in [0.3, 0.4) is 0 Å². The maximum absolute atomic E-state index is 12.1. The Bertz CT molecular complexity index is 503. The van der Waals surface area contributed by atoms with Crippen LogP contribution >= 0.6 is 15.9 Å². The van der Waals surface area contributed by atoms with E-state index in [1.807, 2.05) is 20.0 Å². The largest absolute Gasteiger partial charge is 0.305 e. The van der Waals surface area contributed by atoms with E-state index in [2.05, 4.69) is 25.6 Å². The van der Waals surface area contributed by atoms with Gasteiger partial charge in [-0.2, -0.15) is 0 Å². The first kappa shape index (κ1) is 15.6.